The van der Waals surface area contributed by atoms with Crippen molar-refractivity contribution in [3.05, 3.63) is 22.7 Å². The molecule has 3 rings (SSSR count). The molecule has 0 radical (unpaired) electrons. The Bertz CT molecular complexity index is 447. The zero-order valence-corrected chi connectivity index (χ0v) is 10.9. The molecule has 1 saturated heterocycles. The van der Waals surface area contributed by atoms with Gasteiger partial charge >= 0.3 is 0 Å². The van der Waals surface area contributed by atoms with Crippen LogP contribution in [0, 0.1) is 0 Å². The molecule has 2 aliphatic rings. The standard InChI is InChI=1S/C13H17ClN2O2/c14-11-4-9(6-16-7-10(15)8-16)5-12-13(11)18-3-1-2-17-12/h4-5,10H,1-3,6-8,15H2. The highest BCUT2D eigenvalue weighted by atomic mass is 35.5. The van der Waals surface area contributed by atoms with Crippen LogP contribution in [0.1, 0.15) is 12.0 Å². The van der Waals surface area contributed by atoms with Crippen molar-refractivity contribution in [2.75, 3.05) is 26.3 Å². The normalized spacial score (nSPS) is 20.3. The van der Waals surface area contributed by atoms with E-state index < -0.39 is 0 Å². The van der Waals surface area contributed by atoms with Crippen LogP contribution in [0.15, 0.2) is 12.1 Å². The van der Waals surface area contributed by atoms with Gasteiger partial charge in [0.1, 0.15) is 0 Å². The molecule has 0 spiro atoms. The van der Waals surface area contributed by atoms with Crippen molar-refractivity contribution in [1.82, 2.24) is 4.90 Å². The van der Waals surface area contributed by atoms with Gasteiger partial charge in [-0.15, -0.1) is 0 Å². The van der Waals surface area contributed by atoms with Gasteiger partial charge in [0.05, 0.1) is 18.2 Å². The summed E-state index contributed by atoms with van der Waals surface area (Å²) in [5.74, 6) is 1.44. The lowest BCUT2D eigenvalue weighted by atomic mass is 10.1. The fourth-order valence-electron chi connectivity index (χ4n) is 2.37. The Morgan fingerprint density at radius 2 is 2.06 bits per heavy atom. The molecule has 1 fully saturated rings. The van der Waals surface area contributed by atoms with Crippen molar-refractivity contribution < 1.29 is 9.47 Å². The second-order valence-corrected chi connectivity index (χ2v) is 5.32. The van der Waals surface area contributed by atoms with Gasteiger partial charge in [0.2, 0.25) is 0 Å². The molecule has 2 aliphatic heterocycles. The maximum Gasteiger partial charge on any atom is 0.179 e. The van der Waals surface area contributed by atoms with E-state index in [-0.39, 0.29) is 0 Å². The molecule has 0 atom stereocenters. The summed E-state index contributed by atoms with van der Waals surface area (Å²) in [6.07, 6.45) is 0.890. The highest BCUT2D eigenvalue weighted by Gasteiger charge is 2.24. The van der Waals surface area contributed by atoms with Gasteiger partial charge in [0.25, 0.3) is 0 Å². The average molecular weight is 269 g/mol. The number of ether oxygens (including phenoxy) is 2. The lowest BCUT2D eigenvalue weighted by molar-refractivity contribution is 0.142. The first-order valence-electron chi connectivity index (χ1n) is 6.28. The summed E-state index contributed by atoms with van der Waals surface area (Å²) in [6.45, 7) is 4.11. The van der Waals surface area contributed by atoms with Crippen LogP contribution in [-0.2, 0) is 6.54 Å². The Kier molecular flexibility index (Phi) is 3.33. The predicted molar refractivity (Wildman–Crippen MR) is 70.3 cm³/mol. The average Bonchev–Trinajstić information content (AvgIpc) is 2.52. The highest BCUT2D eigenvalue weighted by molar-refractivity contribution is 6.32. The molecule has 98 valence electrons. The number of hydrogen-bond donors (Lipinski definition) is 1. The minimum atomic E-state index is 0.320. The first-order valence-corrected chi connectivity index (χ1v) is 6.66. The number of nitrogens with two attached hydrogens (primary N) is 1. The summed E-state index contributed by atoms with van der Waals surface area (Å²) < 4.78 is 11.3. The highest BCUT2D eigenvalue weighted by Crippen LogP contribution is 2.38. The van der Waals surface area contributed by atoms with Crippen LogP contribution in [0.25, 0.3) is 0 Å². The molecular formula is C13H17ClN2O2. The van der Waals surface area contributed by atoms with E-state index in [1.54, 1.807) is 0 Å². The third-order valence-electron chi connectivity index (χ3n) is 3.25. The van der Waals surface area contributed by atoms with Gasteiger partial charge in [-0.3, -0.25) is 4.90 Å². The van der Waals surface area contributed by atoms with Crippen LogP contribution < -0.4 is 15.2 Å². The minimum Gasteiger partial charge on any atom is -0.489 e. The van der Waals surface area contributed by atoms with Crippen molar-refractivity contribution in [3.8, 4) is 11.5 Å². The van der Waals surface area contributed by atoms with Crippen molar-refractivity contribution in [2.45, 2.75) is 19.0 Å². The van der Waals surface area contributed by atoms with Gasteiger partial charge in [-0.1, -0.05) is 11.6 Å². The van der Waals surface area contributed by atoms with E-state index in [0.29, 0.717) is 30.0 Å². The maximum absolute atomic E-state index is 6.24. The zero-order chi connectivity index (χ0) is 12.5. The van der Waals surface area contributed by atoms with Crippen molar-refractivity contribution >= 4 is 11.6 Å². The van der Waals surface area contributed by atoms with E-state index in [4.69, 9.17) is 26.8 Å². The van der Waals surface area contributed by atoms with Gasteiger partial charge in [-0.05, 0) is 17.7 Å². The van der Waals surface area contributed by atoms with E-state index in [2.05, 4.69) is 4.90 Å². The summed E-state index contributed by atoms with van der Waals surface area (Å²) in [7, 11) is 0. The number of nitrogens with zero attached hydrogens (tertiary/aromatic N) is 1. The minimum absolute atomic E-state index is 0.320. The molecule has 18 heavy (non-hydrogen) atoms. The lowest BCUT2D eigenvalue weighted by Crippen LogP contribution is -2.54. The van der Waals surface area contributed by atoms with Gasteiger partial charge in [-0.25, -0.2) is 0 Å². The van der Waals surface area contributed by atoms with Crippen LogP contribution in [-0.4, -0.2) is 37.2 Å². The molecule has 0 bridgehead atoms. The molecule has 2 N–H and O–H groups in total. The number of rotatable bonds is 2. The van der Waals surface area contributed by atoms with E-state index in [0.717, 1.165) is 37.4 Å². The molecule has 2 heterocycles. The fourth-order valence-corrected chi connectivity index (χ4v) is 2.66. The monoisotopic (exact) mass is 268 g/mol. The Balaban J connectivity index is 1.79. The lowest BCUT2D eigenvalue weighted by Gasteiger charge is -2.36. The zero-order valence-electron chi connectivity index (χ0n) is 10.2. The Morgan fingerprint density at radius 1 is 1.28 bits per heavy atom. The largest absolute Gasteiger partial charge is 0.489 e. The summed E-state index contributed by atoms with van der Waals surface area (Å²) in [5, 5.41) is 0.634. The van der Waals surface area contributed by atoms with E-state index in [1.165, 1.54) is 0 Å². The number of benzene rings is 1. The van der Waals surface area contributed by atoms with Crippen LogP contribution in [0.5, 0.6) is 11.5 Å². The van der Waals surface area contributed by atoms with Gasteiger partial charge in [-0.2, -0.15) is 0 Å². The van der Waals surface area contributed by atoms with E-state index in [9.17, 15) is 0 Å². The Hall–Kier alpha value is -0.970. The molecule has 0 aromatic heterocycles. The van der Waals surface area contributed by atoms with E-state index >= 15 is 0 Å². The number of hydrogen-bond acceptors (Lipinski definition) is 4. The maximum atomic E-state index is 6.24. The summed E-state index contributed by atoms with van der Waals surface area (Å²) in [4.78, 5) is 2.29. The second kappa shape index (κ2) is 4.96. The summed E-state index contributed by atoms with van der Waals surface area (Å²) in [6, 6.07) is 4.30. The van der Waals surface area contributed by atoms with Gasteiger partial charge in [0, 0.05) is 32.1 Å². The van der Waals surface area contributed by atoms with Crippen molar-refractivity contribution in [1.29, 1.82) is 0 Å². The molecule has 0 saturated carbocycles. The van der Waals surface area contributed by atoms with Crippen molar-refractivity contribution in [3.63, 3.8) is 0 Å². The topological polar surface area (TPSA) is 47.7 Å². The smallest absolute Gasteiger partial charge is 0.179 e. The predicted octanol–water partition coefficient (Wildman–Crippen LogP) is 1.64. The number of halogens is 1. The van der Waals surface area contributed by atoms with Crippen LogP contribution in [0.3, 0.4) is 0 Å². The van der Waals surface area contributed by atoms with Crippen LogP contribution in [0.2, 0.25) is 5.02 Å². The Labute approximate surface area is 112 Å². The van der Waals surface area contributed by atoms with Crippen LogP contribution >= 0.6 is 11.6 Å². The SMILES string of the molecule is NC1CN(Cc2cc(Cl)c3c(c2)OCCCO3)C1. The molecule has 1 aromatic carbocycles. The van der Waals surface area contributed by atoms with Gasteiger partial charge in [0.15, 0.2) is 11.5 Å². The number of likely N-dealkylation sites (tertiary alicyclic amines) is 1. The summed E-state index contributed by atoms with van der Waals surface area (Å²) in [5.41, 5.74) is 6.92. The molecular weight excluding hydrogens is 252 g/mol. The van der Waals surface area contributed by atoms with Gasteiger partial charge < -0.3 is 15.2 Å². The Morgan fingerprint density at radius 3 is 2.83 bits per heavy atom. The van der Waals surface area contributed by atoms with Crippen molar-refractivity contribution in [2.24, 2.45) is 5.73 Å². The third kappa shape index (κ3) is 2.41. The first-order chi connectivity index (χ1) is 8.72. The first kappa shape index (κ1) is 12.1. The molecule has 0 amide bonds. The molecule has 0 unspecified atom stereocenters. The fraction of sp³-hybridized carbons (Fsp3) is 0.538. The van der Waals surface area contributed by atoms with Crippen LogP contribution in [0.4, 0.5) is 0 Å². The van der Waals surface area contributed by atoms with E-state index in [1.807, 2.05) is 12.1 Å². The second-order valence-electron chi connectivity index (χ2n) is 4.91. The molecule has 0 aliphatic carbocycles. The summed E-state index contributed by atoms with van der Waals surface area (Å²) >= 11 is 6.24. The molecule has 5 heteroatoms. The molecule has 1 aromatic rings. The quantitative estimate of drug-likeness (QED) is 0.886. The number of fused-ring (bicyclic) bond motifs is 1. The molecule has 4 nitrogen and oxygen atoms in total. The third-order valence-corrected chi connectivity index (χ3v) is 3.53.